The van der Waals surface area contributed by atoms with Crippen LogP contribution in [-0.2, 0) is 35.1 Å². The van der Waals surface area contributed by atoms with E-state index in [1.807, 2.05) is 18.2 Å². The van der Waals surface area contributed by atoms with E-state index in [-0.39, 0.29) is 29.4 Å². The van der Waals surface area contributed by atoms with E-state index in [9.17, 15) is 18.0 Å². The van der Waals surface area contributed by atoms with Crippen LogP contribution < -0.4 is 10.4 Å². The highest BCUT2D eigenvalue weighted by atomic mass is 32.2. The smallest absolute Gasteiger partial charge is 0.415 e. The van der Waals surface area contributed by atoms with E-state index < -0.39 is 42.0 Å². The van der Waals surface area contributed by atoms with Crippen LogP contribution in [0.1, 0.15) is 65.7 Å². The Morgan fingerprint density at radius 3 is 2.05 bits per heavy atom. The molecule has 5 rings (SSSR count). The summed E-state index contributed by atoms with van der Waals surface area (Å²) in [6.07, 6.45) is 3.75. The molecule has 0 N–H and O–H groups in total. The standard InChI is InChI=1S/C44H52N2O8SSi/c1-43(2,3)54-42(48)46-32-35(30-40(46)41(47)51-7)31-45(55(49,50)37-21-11-8-12-22-37)27-17-19-34-29-36(52-33-34)20-18-28-53-56(44(4,5)6,38-23-13-9-14-24-38)39-25-15-10-16-26-39/h8-16,21-26,29,32-33,40H,18,20,27-28,30-31H2,1-7H3/t40-/m1/s1. The third-order valence-corrected chi connectivity index (χ3v) is 16.2. The van der Waals surface area contributed by atoms with Crippen LogP contribution >= 0.6 is 0 Å². The average Bonchev–Trinajstić information content (AvgIpc) is 3.81. The van der Waals surface area contributed by atoms with Crippen molar-refractivity contribution in [3.05, 3.63) is 126 Å². The largest absolute Gasteiger partial charge is 0.468 e. The fourth-order valence-corrected chi connectivity index (χ4v) is 12.8. The summed E-state index contributed by atoms with van der Waals surface area (Å²) in [5.74, 6) is 6.18. The molecule has 2 heterocycles. The molecule has 0 unspecified atom stereocenters. The minimum atomic E-state index is -4.02. The lowest BCUT2D eigenvalue weighted by Crippen LogP contribution is -2.66. The predicted molar refractivity (Wildman–Crippen MR) is 219 cm³/mol. The van der Waals surface area contributed by atoms with E-state index in [1.54, 1.807) is 45.2 Å². The number of hydrogen-bond donors (Lipinski definition) is 0. The van der Waals surface area contributed by atoms with E-state index in [0.29, 0.717) is 24.2 Å². The van der Waals surface area contributed by atoms with Gasteiger partial charge in [0.1, 0.15) is 23.7 Å². The summed E-state index contributed by atoms with van der Waals surface area (Å²) >= 11 is 0. The maximum Gasteiger partial charge on any atom is 0.415 e. The van der Waals surface area contributed by atoms with Gasteiger partial charge >= 0.3 is 12.1 Å². The monoisotopic (exact) mass is 796 g/mol. The second kappa shape index (κ2) is 17.9. The maximum atomic E-state index is 13.9. The average molecular weight is 797 g/mol. The van der Waals surface area contributed by atoms with Gasteiger partial charge in [-0.05, 0) is 66.4 Å². The number of sulfonamides is 1. The van der Waals surface area contributed by atoms with Crippen LogP contribution in [-0.4, -0.2) is 76.5 Å². The number of carbonyl (C=O) groups excluding carboxylic acids is 2. The molecule has 10 nitrogen and oxygen atoms in total. The number of nitrogens with zero attached hydrogens (tertiary/aromatic N) is 2. The summed E-state index contributed by atoms with van der Waals surface area (Å²) < 4.78 is 52.4. The minimum Gasteiger partial charge on any atom is -0.468 e. The first-order chi connectivity index (χ1) is 26.5. The summed E-state index contributed by atoms with van der Waals surface area (Å²) in [4.78, 5) is 27.0. The summed E-state index contributed by atoms with van der Waals surface area (Å²) in [5.41, 5.74) is 0.336. The predicted octanol–water partition coefficient (Wildman–Crippen LogP) is 6.90. The Morgan fingerprint density at radius 2 is 1.50 bits per heavy atom. The third kappa shape index (κ3) is 10.1. The highest BCUT2D eigenvalue weighted by Gasteiger charge is 2.50. The van der Waals surface area contributed by atoms with Crippen LogP contribution in [0, 0.1) is 11.8 Å². The molecule has 1 atom stereocenters. The topological polar surface area (TPSA) is 116 Å². The second-order valence-electron chi connectivity index (χ2n) is 15.7. The van der Waals surface area contributed by atoms with Gasteiger partial charge in [-0.3, -0.25) is 4.90 Å². The van der Waals surface area contributed by atoms with Crippen molar-refractivity contribution in [3.8, 4) is 11.8 Å². The van der Waals surface area contributed by atoms with Crippen molar-refractivity contribution < 1.29 is 36.3 Å². The normalized spacial score (nSPS) is 14.9. The summed E-state index contributed by atoms with van der Waals surface area (Å²) in [6, 6.07) is 30.0. The lowest BCUT2D eigenvalue weighted by Gasteiger charge is -2.43. The van der Waals surface area contributed by atoms with Gasteiger partial charge in [-0.25, -0.2) is 18.0 Å². The fraction of sp³-hybridized carbons (Fsp3) is 0.364. The molecule has 0 radical (unpaired) electrons. The fourth-order valence-electron chi connectivity index (χ4n) is 6.85. The zero-order valence-electron chi connectivity index (χ0n) is 33.3. The van der Waals surface area contributed by atoms with Crippen LogP contribution in [0.3, 0.4) is 0 Å². The molecule has 0 fully saturated rings. The van der Waals surface area contributed by atoms with Gasteiger partial charge in [0.2, 0.25) is 10.0 Å². The molecule has 0 saturated carbocycles. The van der Waals surface area contributed by atoms with Gasteiger partial charge in [-0.1, -0.05) is 111 Å². The van der Waals surface area contributed by atoms with E-state index in [2.05, 4.69) is 81.1 Å². The zero-order chi connectivity index (χ0) is 40.6. The number of carbonyl (C=O) groups is 2. The van der Waals surface area contributed by atoms with Gasteiger partial charge in [-0.2, -0.15) is 4.31 Å². The number of amides is 1. The molecule has 0 spiro atoms. The van der Waals surface area contributed by atoms with Crippen LogP contribution in [0.25, 0.3) is 0 Å². The van der Waals surface area contributed by atoms with Crippen molar-refractivity contribution >= 4 is 40.8 Å². The number of hydrogen-bond acceptors (Lipinski definition) is 8. The molecule has 1 amide bonds. The molecule has 0 saturated heterocycles. The number of rotatable bonds is 13. The Morgan fingerprint density at radius 1 is 0.911 bits per heavy atom. The Kier molecular flexibility index (Phi) is 13.5. The lowest BCUT2D eigenvalue weighted by molar-refractivity contribution is -0.145. The van der Waals surface area contributed by atoms with Crippen molar-refractivity contribution in [3.63, 3.8) is 0 Å². The van der Waals surface area contributed by atoms with Gasteiger partial charge in [0.15, 0.2) is 0 Å². The molecule has 296 valence electrons. The van der Waals surface area contributed by atoms with Crippen molar-refractivity contribution in [2.24, 2.45) is 0 Å². The van der Waals surface area contributed by atoms with Gasteiger partial charge in [0.25, 0.3) is 8.32 Å². The Bertz CT molecular complexity index is 2110. The molecule has 1 aliphatic rings. The third-order valence-electron chi connectivity index (χ3n) is 9.40. The number of aryl methyl sites for hydroxylation is 1. The lowest BCUT2D eigenvalue weighted by atomic mass is 10.1. The number of methoxy groups -OCH3 is 1. The quantitative estimate of drug-likeness (QED) is 0.0622. The van der Waals surface area contributed by atoms with Crippen molar-refractivity contribution in [1.29, 1.82) is 0 Å². The maximum absolute atomic E-state index is 13.9. The Balaban J connectivity index is 1.30. The molecular weight excluding hydrogens is 745 g/mol. The molecule has 3 aromatic carbocycles. The van der Waals surface area contributed by atoms with Crippen LogP contribution in [0.5, 0.6) is 0 Å². The molecule has 56 heavy (non-hydrogen) atoms. The number of benzene rings is 3. The summed E-state index contributed by atoms with van der Waals surface area (Å²) in [7, 11) is -5.44. The van der Waals surface area contributed by atoms with Crippen molar-refractivity contribution in [2.45, 2.75) is 82.4 Å². The second-order valence-corrected chi connectivity index (χ2v) is 22.0. The highest BCUT2D eigenvalue weighted by molar-refractivity contribution is 7.89. The molecule has 0 bridgehead atoms. The molecule has 1 aromatic heterocycles. The Labute approximate surface area is 332 Å². The van der Waals surface area contributed by atoms with Gasteiger partial charge in [0, 0.05) is 32.2 Å². The van der Waals surface area contributed by atoms with Gasteiger partial charge in [-0.15, -0.1) is 0 Å². The molecule has 0 aliphatic carbocycles. The van der Waals surface area contributed by atoms with E-state index in [4.69, 9.17) is 18.3 Å². The molecule has 4 aromatic rings. The Hall–Kier alpha value is -4.93. The highest BCUT2D eigenvalue weighted by Crippen LogP contribution is 2.37. The van der Waals surface area contributed by atoms with E-state index in [0.717, 1.165) is 17.1 Å². The van der Waals surface area contributed by atoms with Crippen LogP contribution in [0.15, 0.2) is 124 Å². The zero-order valence-corrected chi connectivity index (χ0v) is 35.1. The first-order valence-electron chi connectivity index (χ1n) is 18.7. The van der Waals surface area contributed by atoms with E-state index >= 15 is 0 Å². The number of esters is 1. The van der Waals surface area contributed by atoms with Crippen molar-refractivity contribution in [2.75, 3.05) is 26.8 Å². The SMILES string of the molecule is COC(=O)[C@H]1CC(CN(CC#Cc2coc(CCCO[Si](c3ccccc3)(c3ccccc3)C(C)(C)C)c2)S(=O)(=O)c2ccccc2)=CN1C(=O)OC(C)(C)C. The molecule has 12 heteroatoms. The van der Waals surface area contributed by atoms with Crippen LogP contribution in [0.2, 0.25) is 5.04 Å². The van der Waals surface area contributed by atoms with Crippen LogP contribution in [0.4, 0.5) is 4.79 Å². The first-order valence-corrected chi connectivity index (χ1v) is 22.1. The summed E-state index contributed by atoms with van der Waals surface area (Å²) in [5, 5.41) is 2.33. The molecule has 1 aliphatic heterocycles. The van der Waals surface area contributed by atoms with Gasteiger partial charge < -0.3 is 18.3 Å². The van der Waals surface area contributed by atoms with Crippen molar-refractivity contribution in [1.82, 2.24) is 9.21 Å². The number of furan rings is 1. The summed E-state index contributed by atoms with van der Waals surface area (Å²) in [6.45, 7) is 12.2. The molecular formula is C44H52N2O8SSi. The van der Waals surface area contributed by atoms with E-state index in [1.165, 1.54) is 40.1 Å². The van der Waals surface area contributed by atoms with Gasteiger partial charge in [0.05, 0.1) is 24.1 Å². The minimum absolute atomic E-state index is 0.0744. The first kappa shape index (κ1) is 42.2. The number of ether oxygens (including phenoxy) is 2.